The molecule has 0 spiro atoms. The molecule has 3 rings (SSSR count). The summed E-state index contributed by atoms with van der Waals surface area (Å²) in [6.07, 6.45) is 0.514. The lowest BCUT2D eigenvalue weighted by Gasteiger charge is -2.11. The first-order valence-electron chi connectivity index (χ1n) is 10.8. The highest BCUT2D eigenvalue weighted by Crippen LogP contribution is 2.18. The Labute approximate surface area is 186 Å². The molecule has 1 aromatic carbocycles. The Balaban J connectivity index is 1.92. The van der Waals surface area contributed by atoms with Crippen LogP contribution in [0.1, 0.15) is 37.2 Å². The number of fused-ring (bicyclic) bond motifs is 1. The van der Waals surface area contributed by atoms with Crippen LogP contribution < -0.4 is 16.6 Å². The summed E-state index contributed by atoms with van der Waals surface area (Å²) in [5.74, 6) is 0.620. The number of aromatic amines is 1. The number of amides is 1. The second-order valence-electron chi connectivity index (χ2n) is 8.47. The molecule has 0 unspecified atom stereocenters. The predicted molar refractivity (Wildman–Crippen MR) is 124 cm³/mol. The van der Waals surface area contributed by atoms with Crippen molar-refractivity contribution in [1.29, 1.82) is 0 Å². The van der Waals surface area contributed by atoms with E-state index in [9.17, 15) is 14.4 Å². The number of rotatable bonds is 9. The average molecular weight is 442 g/mol. The van der Waals surface area contributed by atoms with Crippen molar-refractivity contribution in [3.05, 3.63) is 56.0 Å². The summed E-state index contributed by atoms with van der Waals surface area (Å²) in [5, 5.41) is 2.94. The van der Waals surface area contributed by atoms with Crippen LogP contribution in [0.4, 0.5) is 5.69 Å². The van der Waals surface area contributed by atoms with Crippen LogP contribution in [-0.2, 0) is 29.0 Å². The van der Waals surface area contributed by atoms with Gasteiger partial charge in [-0.05, 0) is 31.4 Å². The number of carbonyl (C=O) groups excluding carboxylic acids is 1. The smallest absolute Gasteiger partial charge is 0.330 e. The molecule has 0 fully saturated rings. The molecule has 2 aromatic heterocycles. The number of ether oxygens (including phenoxy) is 1. The zero-order chi connectivity index (χ0) is 23.4. The predicted octanol–water partition coefficient (Wildman–Crippen LogP) is 2.38. The number of aromatic nitrogens is 4. The van der Waals surface area contributed by atoms with Gasteiger partial charge in [-0.2, -0.15) is 0 Å². The molecule has 0 atom stereocenters. The number of carbonyl (C=O) groups is 1. The number of aryl methyl sites for hydroxylation is 3. The van der Waals surface area contributed by atoms with Gasteiger partial charge < -0.3 is 14.6 Å². The number of H-pyrrole nitrogens is 1. The molecule has 0 saturated carbocycles. The Kier molecular flexibility index (Phi) is 7.29. The Bertz CT molecular complexity index is 1240. The van der Waals surface area contributed by atoms with E-state index in [-0.39, 0.29) is 18.2 Å². The third-order valence-corrected chi connectivity index (χ3v) is 5.26. The van der Waals surface area contributed by atoms with Gasteiger partial charge in [0.1, 0.15) is 5.82 Å². The van der Waals surface area contributed by atoms with Crippen molar-refractivity contribution in [2.45, 2.75) is 53.6 Å². The SMILES string of the molecule is COCCn1c(CCC(=O)Nc2ccc(C)cc2C)nc2c1c(=O)[nH]c(=O)n2CC(C)C. The highest BCUT2D eigenvalue weighted by Gasteiger charge is 2.19. The minimum atomic E-state index is -0.486. The molecule has 0 bridgehead atoms. The van der Waals surface area contributed by atoms with Crippen LogP contribution >= 0.6 is 0 Å². The maximum Gasteiger partial charge on any atom is 0.330 e. The van der Waals surface area contributed by atoms with Crippen molar-refractivity contribution in [3.63, 3.8) is 0 Å². The van der Waals surface area contributed by atoms with E-state index in [2.05, 4.69) is 15.3 Å². The standard InChI is InChI=1S/C23H31N5O4/c1-14(2)13-28-21-20(22(30)26-23(28)31)27(10-11-32-5)18(25-21)8-9-19(29)24-17-7-6-15(3)12-16(17)4/h6-7,12,14H,8-11,13H2,1-5H3,(H,24,29)(H,26,30,31). The molecular weight excluding hydrogens is 410 g/mol. The van der Waals surface area contributed by atoms with Gasteiger partial charge >= 0.3 is 5.69 Å². The summed E-state index contributed by atoms with van der Waals surface area (Å²) in [7, 11) is 1.58. The first-order chi connectivity index (χ1) is 15.2. The number of nitrogens with one attached hydrogen (secondary N) is 2. The van der Waals surface area contributed by atoms with Crippen molar-refractivity contribution in [1.82, 2.24) is 19.1 Å². The molecule has 1 amide bonds. The lowest BCUT2D eigenvalue weighted by atomic mass is 10.1. The van der Waals surface area contributed by atoms with Crippen LogP contribution in [0.5, 0.6) is 0 Å². The fourth-order valence-corrected chi connectivity index (χ4v) is 3.76. The van der Waals surface area contributed by atoms with Gasteiger partial charge in [0.15, 0.2) is 11.2 Å². The minimum Gasteiger partial charge on any atom is -0.383 e. The Morgan fingerprint density at radius 2 is 1.97 bits per heavy atom. The number of anilines is 1. The van der Waals surface area contributed by atoms with Crippen molar-refractivity contribution < 1.29 is 9.53 Å². The van der Waals surface area contributed by atoms with Crippen molar-refractivity contribution in [3.8, 4) is 0 Å². The van der Waals surface area contributed by atoms with Crippen molar-refractivity contribution >= 4 is 22.8 Å². The number of hydrogen-bond acceptors (Lipinski definition) is 5. The van der Waals surface area contributed by atoms with Gasteiger partial charge in [0.05, 0.1) is 6.61 Å². The number of methoxy groups -OCH3 is 1. The Morgan fingerprint density at radius 3 is 2.62 bits per heavy atom. The van der Waals surface area contributed by atoms with Crippen molar-refractivity contribution in [2.24, 2.45) is 5.92 Å². The maximum absolute atomic E-state index is 12.6. The Hall–Kier alpha value is -3.20. The van der Waals surface area contributed by atoms with E-state index in [0.717, 1.165) is 16.8 Å². The molecule has 2 N–H and O–H groups in total. The van der Waals surface area contributed by atoms with Crippen molar-refractivity contribution in [2.75, 3.05) is 19.0 Å². The molecule has 0 saturated heterocycles. The first-order valence-corrected chi connectivity index (χ1v) is 10.8. The van der Waals surface area contributed by atoms with E-state index in [0.29, 0.717) is 43.1 Å². The molecule has 0 radical (unpaired) electrons. The minimum absolute atomic E-state index is 0.143. The van der Waals surface area contributed by atoms with Gasteiger partial charge in [-0.1, -0.05) is 31.5 Å². The lowest BCUT2D eigenvalue weighted by Crippen LogP contribution is -2.32. The zero-order valence-corrected chi connectivity index (χ0v) is 19.3. The second-order valence-corrected chi connectivity index (χ2v) is 8.47. The maximum atomic E-state index is 12.6. The molecule has 9 nitrogen and oxygen atoms in total. The van der Waals surface area contributed by atoms with Gasteiger partial charge in [0.25, 0.3) is 5.56 Å². The fraction of sp³-hybridized carbons (Fsp3) is 0.478. The van der Waals surface area contributed by atoms with Gasteiger partial charge in [-0.25, -0.2) is 9.78 Å². The summed E-state index contributed by atoms with van der Waals surface area (Å²) < 4.78 is 8.43. The van der Waals surface area contributed by atoms with E-state index < -0.39 is 11.2 Å². The highest BCUT2D eigenvalue weighted by atomic mass is 16.5. The van der Waals surface area contributed by atoms with Crippen LogP contribution in [-0.4, -0.2) is 38.7 Å². The topological polar surface area (TPSA) is 111 Å². The summed E-state index contributed by atoms with van der Waals surface area (Å²) in [6, 6.07) is 5.85. The molecule has 9 heteroatoms. The molecule has 172 valence electrons. The number of hydrogen-bond donors (Lipinski definition) is 2. The van der Waals surface area contributed by atoms with Crippen LogP contribution in [0.25, 0.3) is 11.2 Å². The highest BCUT2D eigenvalue weighted by molar-refractivity contribution is 5.91. The molecule has 0 aliphatic carbocycles. The number of benzene rings is 1. The molecule has 32 heavy (non-hydrogen) atoms. The average Bonchev–Trinajstić information content (AvgIpc) is 3.08. The van der Waals surface area contributed by atoms with E-state index in [1.54, 1.807) is 11.7 Å². The normalized spacial score (nSPS) is 11.4. The van der Waals surface area contributed by atoms with E-state index in [1.165, 1.54) is 4.57 Å². The van der Waals surface area contributed by atoms with E-state index >= 15 is 0 Å². The number of imidazole rings is 1. The monoisotopic (exact) mass is 441 g/mol. The summed E-state index contributed by atoms with van der Waals surface area (Å²) >= 11 is 0. The summed E-state index contributed by atoms with van der Waals surface area (Å²) in [5.41, 5.74) is 2.60. The summed E-state index contributed by atoms with van der Waals surface area (Å²) in [6.45, 7) is 9.13. The quantitative estimate of drug-likeness (QED) is 0.530. The van der Waals surface area contributed by atoms with Crippen LogP contribution in [0.15, 0.2) is 27.8 Å². The fourth-order valence-electron chi connectivity index (χ4n) is 3.76. The zero-order valence-electron chi connectivity index (χ0n) is 19.3. The van der Waals surface area contributed by atoms with Gasteiger partial charge in [-0.15, -0.1) is 0 Å². The number of nitrogens with zero attached hydrogens (tertiary/aromatic N) is 3. The first kappa shape index (κ1) is 23.5. The largest absolute Gasteiger partial charge is 0.383 e. The second kappa shape index (κ2) is 9.95. The van der Waals surface area contributed by atoms with Gasteiger partial charge in [0, 0.05) is 38.7 Å². The van der Waals surface area contributed by atoms with Gasteiger partial charge in [0.2, 0.25) is 5.91 Å². The molecule has 3 aromatic rings. The van der Waals surface area contributed by atoms with E-state index in [4.69, 9.17) is 4.74 Å². The van der Waals surface area contributed by atoms with Crippen LogP contribution in [0, 0.1) is 19.8 Å². The molecule has 0 aliphatic heterocycles. The van der Waals surface area contributed by atoms with Gasteiger partial charge in [-0.3, -0.25) is 19.1 Å². The Morgan fingerprint density at radius 1 is 1.22 bits per heavy atom. The molecule has 0 aliphatic rings. The third-order valence-electron chi connectivity index (χ3n) is 5.26. The molecular formula is C23H31N5O4. The lowest BCUT2D eigenvalue weighted by molar-refractivity contribution is -0.116. The van der Waals surface area contributed by atoms with Crippen LogP contribution in [0.3, 0.4) is 0 Å². The molecule has 2 heterocycles. The summed E-state index contributed by atoms with van der Waals surface area (Å²) in [4.78, 5) is 44.7. The third kappa shape index (κ3) is 5.16. The van der Waals surface area contributed by atoms with Crippen LogP contribution in [0.2, 0.25) is 0 Å². The van der Waals surface area contributed by atoms with E-state index in [1.807, 2.05) is 45.9 Å².